The maximum absolute atomic E-state index is 10.9. The van der Waals surface area contributed by atoms with E-state index in [1.54, 1.807) is 0 Å². The predicted octanol–water partition coefficient (Wildman–Crippen LogP) is -0.747. The number of likely N-dealkylation sites (N-methyl/N-ethyl adjacent to an activating group) is 1. The van der Waals surface area contributed by atoms with Gasteiger partial charge in [0.05, 0.1) is 0 Å². The van der Waals surface area contributed by atoms with Crippen molar-refractivity contribution in [2.75, 3.05) is 7.05 Å². The number of hydrogen-bond donors (Lipinski definition) is 1. The number of ketones is 1. The number of rotatable bonds is 3. The first-order valence-corrected chi connectivity index (χ1v) is 3.38. The van der Waals surface area contributed by atoms with Crippen LogP contribution in [0.4, 0.5) is 0 Å². The van der Waals surface area contributed by atoms with E-state index in [-0.39, 0.29) is 0 Å². The summed E-state index contributed by atoms with van der Waals surface area (Å²) in [7, 11) is 1.36. The molecule has 0 saturated carbocycles. The van der Waals surface area contributed by atoms with Crippen LogP contribution in [0, 0.1) is 0 Å². The quantitative estimate of drug-likeness (QED) is 0.450. The number of carbonyl (C=O) groups is 3. The summed E-state index contributed by atoms with van der Waals surface area (Å²) in [6, 6.07) is 0. The van der Waals surface area contributed by atoms with Crippen LogP contribution in [0.2, 0.25) is 0 Å². The first-order chi connectivity index (χ1) is 5.49. The molecule has 0 spiro atoms. The summed E-state index contributed by atoms with van der Waals surface area (Å²) in [4.78, 5) is 32.0. The average molecular weight is 173 g/mol. The van der Waals surface area contributed by atoms with Gasteiger partial charge < -0.3 is 10.1 Å². The number of ether oxygens (including phenoxy) is 1. The van der Waals surface area contributed by atoms with Gasteiger partial charge in [-0.2, -0.15) is 0 Å². The zero-order chi connectivity index (χ0) is 9.72. The Bertz CT molecular complexity index is 211. The molecule has 0 aromatic rings. The molecule has 0 aliphatic carbocycles. The van der Waals surface area contributed by atoms with Crippen molar-refractivity contribution >= 4 is 17.7 Å². The van der Waals surface area contributed by atoms with Gasteiger partial charge in [-0.15, -0.1) is 0 Å². The van der Waals surface area contributed by atoms with Crippen molar-refractivity contribution in [3.05, 3.63) is 0 Å². The Labute approximate surface area is 70.1 Å². The van der Waals surface area contributed by atoms with Crippen LogP contribution in [-0.2, 0) is 19.1 Å². The third-order valence-electron chi connectivity index (χ3n) is 1.14. The minimum atomic E-state index is -1.31. The zero-order valence-electron chi connectivity index (χ0n) is 7.21. The summed E-state index contributed by atoms with van der Waals surface area (Å²) >= 11 is 0. The molecule has 0 aliphatic heterocycles. The average Bonchev–Trinajstić information content (AvgIpc) is 1.98. The van der Waals surface area contributed by atoms with Gasteiger partial charge in [-0.1, -0.05) is 0 Å². The fourth-order valence-electron chi connectivity index (χ4n) is 0.618. The number of nitrogens with one attached hydrogen (secondary N) is 1. The molecule has 12 heavy (non-hydrogen) atoms. The first kappa shape index (κ1) is 10.6. The Hall–Kier alpha value is -1.39. The molecule has 5 heteroatoms. The third kappa shape index (κ3) is 3.14. The zero-order valence-corrected chi connectivity index (χ0v) is 7.21. The van der Waals surface area contributed by atoms with E-state index in [0.717, 1.165) is 6.92 Å². The van der Waals surface area contributed by atoms with Crippen molar-refractivity contribution in [3.8, 4) is 0 Å². The van der Waals surface area contributed by atoms with Crippen molar-refractivity contribution < 1.29 is 19.1 Å². The maximum Gasteiger partial charge on any atom is 0.303 e. The molecule has 0 rings (SSSR count). The molecule has 5 nitrogen and oxygen atoms in total. The Morgan fingerprint density at radius 2 is 1.75 bits per heavy atom. The van der Waals surface area contributed by atoms with Gasteiger partial charge in [-0.25, -0.2) is 0 Å². The lowest BCUT2D eigenvalue weighted by Gasteiger charge is -2.11. The highest BCUT2D eigenvalue weighted by Crippen LogP contribution is 1.94. The summed E-state index contributed by atoms with van der Waals surface area (Å²) in [5, 5.41) is 2.21. The molecule has 1 amide bonds. The van der Waals surface area contributed by atoms with E-state index in [1.807, 2.05) is 0 Å². The summed E-state index contributed by atoms with van der Waals surface area (Å²) < 4.78 is 4.46. The van der Waals surface area contributed by atoms with E-state index in [0.29, 0.717) is 0 Å². The molecule has 0 heterocycles. The van der Waals surface area contributed by atoms with Gasteiger partial charge in [0.25, 0.3) is 5.91 Å². The molecular weight excluding hydrogens is 162 g/mol. The number of amides is 1. The second-order valence-corrected chi connectivity index (χ2v) is 2.21. The van der Waals surface area contributed by atoms with Gasteiger partial charge in [-0.3, -0.25) is 14.4 Å². The third-order valence-corrected chi connectivity index (χ3v) is 1.14. The summed E-state index contributed by atoms with van der Waals surface area (Å²) in [5.74, 6) is -1.76. The number of carbonyl (C=O) groups excluding carboxylic acids is 3. The molecule has 1 unspecified atom stereocenters. The van der Waals surface area contributed by atoms with Gasteiger partial charge in [-0.05, 0) is 6.92 Å². The number of hydrogen-bond acceptors (Lipinski definition) is 4. The smallest absolute Gasteiger partial charge is 0.303 e. The molecule has 0 bridgehead atoms. The van der Waals surface area contributed by atoms with Crippen molar-refractivity contribution in [1.82, 2.24) is 5.32 Å². The monoisotopic (exact) mass is 173 g/mol. The van der Waals surface area contributed by atoms with Gasteiger partial charge in [0.15, 0.2) is 5.78 Å². The summed E-state index contributed by atoms with van der Waals surface area (Å²) in [6.07, 6.45) is -1.31. The number of esters is 1. The lowest BCUT2D eigenvalue weighted by atomic mass is 10.2. The van der Waals surface area contributed by atoms with Crippen molar-refractivity contribution in [3.63, 3.8) is 0 Å². The molecule has 0 aliphatic rings. The van der Waals surface area contributed by atoms with Crippen molar-refractivity contribution in [1.29, 1.82) is 0 Å². The van der Waals surface area contributed by atoms with E-state index >= 15 is 0 Å². The van der Waals surface area contributed by atoms with Crippen LogP contribution in [0.1, 0.15) is 13.8 Å². The fourth-order valence-corrected chi connectivity index (χ4v) is 0.618. The Balaban J connectivity index is 4.33. The maximum atomic E-state index is 10.9. The van der Waals surface area contributed by atoms with Crippen LogP contribution >= 0.6 is 0 Å². The molecule has 68 valence electrons. The highest BCUT2D eigenvalue weighted by molar-refractivity contribution is 6.04. The Kier molecular flexibility index (Phi) is 3.96. The minimum absolute atomic E-state index is 0.496. The summed E-state index contributed by atoms with van der Waals surface area (Å²) in [6.45, 7) is 2.32. The lowest BCUT2D eigenvalue weighted by Crippen LogP contribution is -2.40. The van der Waals surface area contributed by atoms with Gasteiger partial charge in [0.2, 0.25) is 6.10 Å². The highest BCUT2D eigenvalue weighted by atomic mass is 16.5. The van der Waals surface area contributed by atoms with Crippen LogP contribution in [-0.4, -0.2) is 30.8 Å². The van der Waals surface area contributed by atoms with E-state index in [4.69, 9.17) is 0 Å². The van der Waals surface area contributed by atoms with Crippen LogP contribution < -0.4 is 5.32 Å². The van der Waals surface area contributed by atoms with Gasteiger partial charge in [0, 0.05) is 14.0 Å². The molecule has 1 N–H and O–H groups in total. The first-order valence-electron chi connectivity index (χ1n) is 3.38. The van der Waals surface area contributed by atoms with Crippen LogP contribution in [0.25, 0.3) is 0 Å². The second kappa shape index (κ2) is 4.48. The van der Waals surface area contributed by atoms with E-state index in [2.05, 4.69) is 10.1 Å². The highest BCUT2D eigenvalue weighted by Gasteiger charge is 2.24. The van der Waals surface area contributed by atoms with Crippen molar-refractivity contribution in [2.24, 2.45) is 0 Å². The van der Waals surface area contributed by atoms with E-state index < -0.39 is 23.8 Å². The van der Waals surface area contributed by atoms with Gasteiger partial charge >= 0.3 is 5.97 Å². The molecule has 0 fully saturated rings. The summed E-state index contributed by atoms with van der Waals surface area (Å²) in [5.41, 5.74) is 0. The Morgan fingerprint density at radius 1 is 1.25 bits per heavy atom. The lowest BCUT2D eigenvalue weighted by molar-refractivity contribution is -0.158. The minimum Gasteiger partial charge on any atom is -0.444 e. The SMILES string of the molecule is CNC(=O)C(OC(C)=O)C(C)=O. The topological polar surface area (TPSA) is 72.5 Å². The van der Waals surface area contributed by atoms with Crippen LogP contribution in [0.5, 0.6) is 0 Å². The van der Waals surface area contributed by atoms with Crippen LogP contribution in [0.3, 0.4) is 0 Å². The van der Waals surface area contributed by atoms with E-state index in [9.17, 15) is 14.4 Å². The predicted molar refractivity (Wildman–Crippen MR) is 40.3 cm³/mol. The van der Waals surface area contributed by atoms with Crippen LogP contribution in [0.15, 0.2) is 0 Å². The normalized spacial score (nSPS) is 11.6. The second-order valence-electron chi connectivity index (χ2n) is 2.21. The van der Waals surface area contributed by atoms with Crippen molar-refractivity contribution in [2.45, 2.75) is 20.0 Å². The molecular formula is C7H11NO4. The van der Waals surface area contributed by atoms with E-state index in [1.165, 1.54) is 14.0 Å². The molecule has 0 aromatic carbocycles. The number of Topliss-reactive ketones (excluding diaryl/α,β-unsaturated/α-hetero) is 1. The fraction of sp³-hybridized carbons (Fsp3) is 0.571. The molecule has 0 radical (unpaired) electrons. The largest absolute Gasteiger partial charge is 0.444 e. The molecule has 1 atom stereocenters. The molecule has 0 aromatic heterocycles. The standard InChI is InChI=1S/C7H11NO4/c1-4(9)6(7(11)8-3)12-5(2)10/h6H,1-3H3,(H,8,11). The molecule has 0 saturated heterocycles. The van der Waals surface area contributed by atoms with Gasteiger partial charge in [0.1, 0.15) is 0 Å². The Morgan fingerprint density at radius 3 is 2.00 bits per heavy atom.